The van der Waals surface area contributed by atoms with Gasteiger partial charge in [0.15, 0.2) is 5.82 Å². The molecule has 0 saturated heterocycles. The molecule has 0 aliphatic heterocycles. The van der Waals surface area contributed by atoms with Crippen molar-refractivity contribution >= 4 is 23.4 Å². The number of halogens is 4. The van der Waals surface area contributed by atoms with Crippen LogP contribution < -0.4 is 0 Å². The first-order chi connectivity index (χ1) is 11.4. The molecule has 0 amide bonds. The minimum absolute atomic E-state index is 0.288. The number of aromatic nitrogens is 3. The highest BCUT2D eigenvalue weighted by molar-refractivity contribution is 7.98. The van der Waals surface area contributed by atoms with Gasteiger partial charge in [0.05, 0.1) is 26.9 Å². The number of nitrogens with zero attached hydrogens (tertiary/aromatic N) is 3. The van der Waals surface area contributed by atoms with Gasteiger partial charge in [-0.05, 0) is 24.3 Å². The van der Waals surface area contributed by atoms with Crippen LogP contribution in [0.4, 0.5) is 13.2 Å². The molecule has 124 valence electrons. The van der Waals surface area contributed by atoms with E-state index in [1.165, 1.54) is 17.8 Å². The van der Waals surface area contributed by atoms with Crippen molar-refractivity contribution in [1.82, 2.24) is 15.1 Å². The molecule has 2 aromatic heterocycles. The van der Waals surface area contributed by atoms with Crippen molar-refractivity contribution in [2.24, 2.45) is 0 Å². The first kappa shape index (κ1) is 16.8. The molecule has 3 rings (SSSR count). The summed E-state index contributed by atoms with van der Waals surface area (Å²) in [5, 5.41) is 4.76. The first-order valence-corrected chi connectivity index (χ1v) is 8.03. The van der Waals surface area contributed by atoms with Crippen LogP contribution in [-0.4, -0.2) is 15.1 Å². The van der Waals surface area contributed by atoms with Gasteiger partial charge in [0.1, 0.15) is 0 Å². The Labute approximate surface area is 144 Å². The topological polar surface area (TPSA) is 51.8 Å². The zero-order chi connectivity index (χ0) is 17.2. The largest absolute Gasteiger partial charge is 0.417 e. The van der Waals surface area contributed by atoms with Crippen molar-refractivity contribution in [3.63, 3.8) is 0 Å². The monoisotopic (exact) mass is 371 g/mol. The highest BCUT2D eigenvalue weighted by Gasteiger charge is 2.30. The molecule has 0 unspecified atom stereocenters. The zero-order valence-corrected chi connectivity index (χ0v) is 13.5. The molecule has 0 aliphatic rings. The van der Waals surface area contributed by atoms with E-state index in [1.807, 2.05) is 0 Å². The minimum Gasteiger partial charge on any atom is -0.334 e. The molecule has 2 heterocycles. The Bertz CT molecular complexity index is 836. The standard InChI is InChI=1S/C15H9ClF3N3OS/c16-11-4-2-1-3-10(11)14-21-12(22-23-14)8-24-13-6-5-9(7-20-13)15(17,18)19/h1-7H,8H2. The van der Waals surface area contributed by atoms with Crippen molar-refractivity contribution < 1.29 is 17.7 Å². The Kier molecular flexibility index (Phi) is 4.77. The third-order valence-corrected chi connectivity index (χ3v) is 4.25. The van der Waals surface area contributed by atoms with Gasteiger partial charge in [-0.3, -0.25) is 0 Å². The molecule has 3 aromatic rings. The highest BCUT2D eigenvalue weighted by Crippen LogP contribution is 2.30. The maximum atomic E-state index is 12.5. The summed E-state index contributed by atoms with van der Waals surface area (Å²) >= 11 is 7.27. The fourth-order valence-corrected chi connectivity index (χ4v) is 2.73. The fourth-order valence-electron chi connectivity index (χ4n) is 1.83. The Morgan fingerprint density at radius 2 is 1.92 bits per heavy atom. The molecule has 0 aliphatic carbocycles. The quantitative estimate of drug-likeness (QED) is 0.597. The highest BCUT2D eigenvalue weighted by atomic mass is 35.5. The van der Waals surface area contributed by atoms with Crippen molar-refractivity contribution in [1.29, 1.82) is 0 Å². The molecular formula is C15H9ClF3N3OS. The van der Waals surface area contributed by atoms with Crippen LogP contribution in [0.3, 0.4) is 0 Å². The maximum absolute atomic E-state index is 12.5. The molecule has 0 spiro atoms. The Morgan fingerprint density at radius 3 is 2.58 bits per heavy atom. The number of alkyl halides is 3. The van der Waals surface area contributed by atoms with E-state index in [2.05, 4.69) is 15.1 Å². The van der Waals surface area contributed by atoms with Gasteiger partial charge in [-0.15, -0.1) is 0 Å². The molecule has 0 N–H and O–H groups in total. The number of pyridine rings is 1. The number of benzene rings is 1. The smallest absolute Gasteiger partial charge is 0.334 e. The second kappa shape index (κ2) is 6.82. The predicted molar refractivity (Wildman–Crippen MR) is 83.5 cm³/mol. The normalized spacial score (nSPS) is 11.7. The van der Waals surface area contributed by atoms with E-state index in [0.717, 1.165) is 12.3 Å². The van der Waals surface area contributed by atoms with E-state index < -0.39 is 11.7 Å². The summed E-state index contributed by atoms with van der Waals surface area (Å²) in [5.74, 6) is 1.000. The number of thioether (sulfide) groups is 1. The average Bonchev–Trinajstić information content (AvgIpc) is 3.02. The van der Waals surface area contributed by atoms with Crippen LogP contribution in [0, 0.1) is 0 Å². The number of hydrogen-bond acceptors (Lipinski definition) is 5. The lowest BCUT2D eigenvalue weighted by molar-refractivity contribution is -0.137. The average molecular weight is 372 g/mol. The summed E-state index contributed by atoms with van der Waals surface area (Å²) in [5.41, 5.74) is -0.164. The number of rotatable bonds is 4. The van der Waals surface area contributed by atoms with Crippen molar-refractivity contribution in [2.75, 3.05) is 0 Å². The van der Waals surface area contributed by atoms with E-state index in [9.17, 15) is 13.2 Å². The summed E-state index contributed by atoms with van der Waals surface area (Å²) in [6.07, 6.45) is -3.60. The fraction of sp³-hybridized carbons (Fsp3) is 0.133. The van der Waals surface area contributed by atoms with Crippen LogP contribution in [0.15, 0.2) is 52.1 Å². The second-order valence-corrected chi connectivity index (χ2v) is 6.07. The first-order valence-electron chi connectivity index (χ1n) is 6.67. The third kappa shape index (κ3) is 3.88. The van der Waals surface area contributed by atoms with Gasteiger partial charge in [-0.25, -0.2) is 4.98 Å². The van der Waals surface area contributed by atoms with Crippen LogP contribution in [0.2, 0.25) is 5.02 Å². The Balaban J connectivity index is 1.67. The molecule has 0 atom stereocenters. The molecule has 0 fully saturated rings. The summed E-state index contributed by atoms with van der Waals surface area (Å²) < 4.78 is 42.6. The van der Waals surface area contributed by atoms with Crippen LogP contribution in [0.25, 0.3) is 11.5 Å². The van der Waals surface area contributed by atoms with Crippen LogP contribution in [-0.2, 0) is 11.9 Å². The lowest BCUT2D eigenvalue weighted by Crippen LogP contribution is -2.05. The van der Waals surface area contributed by atoms with Gasteiger partial charge in [0.25, 0.3) is 5.89 Å². The summed E-state index contributed by atoms with van der Waals surface area (Å²) in [4.78, 5) is 8.00. The van der Waals surface area contributed by atoms with Gasteiger partial charge in [-0.2, -0.15) is 18.2 Å². The van der Waals surface area contributed by atoms with E-state index in [0.29, 0.717) is 27.2 Å². The molecule has 0 radical (unpaired) electrons. The summed E-state index contributed by atoms with van der Waals surface area (Å²) in [6.45, 7) is 0. The SMILES string of the molecule is FC(F)(F)c1ccc(SCc2noc(-c3ccccc3Cl)n2)nc1. The zero-order valence-electron chi connectivity index (χ0n) is 11.9. The van der Waals surface area contributed by atoms with Crippen LogP contribution in [0.5, 0.6) is 0 Å². The van der Waals surface area contributed by atoms with E-state index >= 15 is 0 Å². The minimum atomic E-state index is -4.40. The van der Waals surface area contributed by atoms with Crippen molar-refractivity contribution in [2.45, 2.75) is 17.0 Å². The van der Waals surface area contributed by atoms with Crippen molar-refractivity contribution in [3.05, 3.63) is 59.0 Å². The van der Waals surface area contributed by atoms with Gasteiger partial charge >= 0.3 is 6.18 Å². The Hall–Kier alpha value is -2.06. The predicted octanol–water partition coefficient (Wildman–Crippen LogP) is 5.10. The summed E-state index contributed by atoms with van der Waals surface area (Å²) in [6, 6.07) is 9.34. The molecular weight excluding hydrogens is 363 g/mol. The van der Waals surface area contributed by atoms with Crippen LogP contribution in [0.1, 0.15) is 11.4 Å². The summed E-state index contributed by atoms with van der Waals surface area (Å²) in [7, 11) is 0. The lowest BCUT2D eigenvalue weighted by Gasteiger charge is -2.05. The maximum Gasteiger partial charge on any atom is 0.417 e. The third-order valence-electron chi connectivity index (χ3n) is 2.99. The van der Waals surface area contributed by atoms with E-state index in [4.69, 9.17) is 16.1 Å². The number of hydrogen-bond donors (Lipinski definition) is 0. The van der Waals surface area contributed by atoms with Gasteiger partial charge in [0, 0.05) is 6.20 Å². The van der Waals surface area contributed by atoms with Crippen LogP contribution >= 0.6 is 23.4 Å². The van der Waals surface area contributed by atoms with Gasteiger partial charge < -0.3 is 4.52 Å². The Morgan fingerprint density at radius 1 is 1.12 bits per heavy atom. The molecule has 9 heteroatoms. The van der Waals surface area contributed by atoms with Crippen molar-refractivity contribution in [3.8, 4) is 11.5 Å². The van der Waals surface area contributed by atoms with E-state index in [-0.39, 0.29) is 5.89 Å². The molecule has 4 nitrogen and oxygen atoms in total. The lowest BCUT2D eigenvalue weighted by atomic mass is 10.2. The van der Waals surface area contributed by atoms with Gasteiger partial charge in [-0.1, -0.05) is 40.7 Å². The van der Waals surface area contributed by atoms with Gasteiger partial charge in [0.2, 0.25) is 0 Å². The molecule has 0 bridgehead atoms. The molecule has 1 aromatic carbocycles. The molecule has 24 heavy (non-hydrogen) atoms. The second-order valence-electron chi connectivity index (χ2n) is 4.67. The van der Waals surface area contributed by atoms with E-state index in [1.54, 1.807) is 24.3 Å². The molecule has 0 saturated carbocycles.